The molecule has 5 heterocycles. The minimum Gasteiger partial charge on any atom is -0.306 e. The van der Waals surface area contributed by atoms with Gasteiger partial charge >= 0.3 is 0 Å². The summed E-state index contributed by atoms with van der Waals surface area (Å²) in [4.78, 5) is 24.1. The van der Waals surface area contributed by atoms with Crippen LogP contribution in [0.1, 0.15) is 36.2 Å². The fraction of sp³-hybridized carbons (Fsp3) is 0.348. The number of aryl methyl sites for hydroxylation is 1. The van der Waals surface area contributed by atoms with Crippen molar-refractivity contribution in [1.29, 1.82) is 0 Å². The predicted octanol–water partition coefficient (Wildman–Crippen LogP) is 3.14. The van der Waals surface area contributed by atoms with Crippen molar-refractivity contribution in [2.24, 2.45) is 7.05 Å². The Balaban J connectivity index is 1.31. The van der Waals surface area contributed by atoms with Gasteiger partial charge in [0.15, 0.2) is 0 Å². The van der Waals surface area contributed by atoms with E-state index < -0.39 is 0 Å². The number of piperidine rings is 1. The number of nitrogens with zero attached hydrogens (tertiary/aromatic N) is 7. The Morgan fingerprint density at radius 3 is 2.59 bits per heavy atom. The maximum absolute atomic E-state index is 12.8. The average molecular weight is 431 g/mol. The molecule has 9 heteroatoms. The van der Waals surface area contributed by atoms with E-state index in [2.05, 4.69) is 37.3 Å². The Kier molecular flexibility index (Phi) is 5.40. The number of hydrogen-bond donors (Lipinski definition) is 1. The normalized spacial score (nSPS) is 15.3. The fourth-order valence-electron chi connectivity index (χ4n) is 4.16. The first-order chi connectivity index (χ1) is 15.6. The number of hydrogen-bond acceptors (Lipinski definition) is 6. The lowest BCUT2D eigenvalue weighted by Gasteiger charge is -2.31. The standard InChI is InChI=1S/C23H26N8O/c1-3-30-6-4-20(5-7-30)31-15-19(13-27-31)23(32)28-22-9-16-8-21(18-12-26-29(2)14-18)24-10-17(16)11-25-22/h8-15,20H,3-7H2,1-2H3,(H,25,28,32). The van der Waals surface area contributed by atoms with Crippen LogP contribution in [-0.2, 0) is 7.05 Å². The number of anilines is 1. The predicted molar refractivity (Wildman–Crippen MR) is 122 cm³/mol. The van der Waals surface area contributed by atoms with Crippen molar-refractivity contribution < 1.29 is 4.79 Å². The van der Waals surface area contributed by atoms with E-state index in [4.69, 9.17) is 0 Å². The summed E-state index contributed by atoms with van der Waals surface area (Å²) in [7, 11) is 1.87. The van der Waals surface area contributed by atoms with Crippen LogP contribution >= 0.6 is 0 Å². The Hall–Kier alpha value is -3.59. The highest BCUT2D eigenvalue weighted by Crippen LogP contribution is 2.24. The van der Waals surface area contributed by atoms with Gasteiger partial charge in [-0.25, -0.2) is 4.98 Å². The van der Waals surface area contributed by atoms with Crippen molar-refractivity contribution in [3.8, 4) is 11.3 Å². The van der Waals surface area contributed by atoms with Gasteiger partial charge in [0.1, 0.15) is 5.82 Å². The lowest BCUT2D eigenvalue weighted by atomic mass is 10.1. The molecular weight excluding hydrogens is 404 g/mol. The van der Waals surface area contributed by atoms with Crippen LogP contribution in [-0.4, -0.2) is 60.0 Å². The number of nitrogens with one attached hydrogen (secondary N) is 1. The monoisotopic (exact) mass is 430 g/mol. The summed E-state index contributed by atoms with van der Waals surface area (Å²) in [5.41, 5.74) is 2.30. The largest absolute Gasteiger partial charge is 0.306 e. The molecule has 4 aromatic rings. The molecule has 0 atom stereocenters. The van der Waals surface area contributed by atoms with Gasteiger partial charge in [-0.1, -0.05) is 6.92 Å². The van der Waals surface area contributed by atoms with E-state index in [1.54, 1.807) is 29.5 Å². The van der Waals surface area contributed by atoms with Crippen molar-refractivity contribution in [3.63, 3.8) is 0 Å². The molecule has 1 N–H and O–H groups in total. The smallest absolute Gasteiger partial charge is 0.260 e. The zero-order chi connectivity index (χ0) is 22.1. The molecule has 1 aliphatic heterocycles. The number of likely N-dealkylation sites (tertiary alicyclic amines) is 1. The average Bonchev–Trinajstić information content (AvgIpc) is 3.48. The molecule has 4 aromatic heterocycles. The van der Waals surface area contributed by atoms with Gasteiger partial charge in [0.25, 0.3) is 5.91 Å². The van der Waals surface area contributed by atoms with Gasteiger partial charge in [0.2, 0.25) is 0 Å². The van der Waals surface area contributed by atoms with E-state index in [1.807, 2.05) is 36.3 Å². The van der Waals surface area contributed by atoms with E-state index in [-0.39, 0.29) is 5.91 Å². The van der Waals surface area contributed by atoms with Gasteiger partial charge in [-0.3, -0.25) is 19.1 Å². The van der Waals surface area contributed by atoms with Crippen LogP contribution in [0.2, 0.25) is 0 Å². The number of rotatable bonds is 5. The minimum atomic E-state index is -0.212. The second-order valence-electron chi connectivity index (χ2n) is 8.22. The molecule has 1 fully saturated rings. The van der Waals surface area contributed by atoms with Gasteiger partial charge in [-0.2, -0.15) is 10.2 Å². The van der Waals surface area contributed by atoms with E-state index >= 15 is 0 Å². The molecule has 0 spiro atoms. The molecule has 0 bridgehead atoms. The Labute approximate surface area is 186 Å². The van der Waals surface area contributed by atoms with E-state index in [0.29, 0.717) is 17.4 Å². The number of fused-ring (bicyclic) bond motifs is 1. The fourth-order valence-corrected chi connectivity index (χ4v) is 4.16. The van der Waals surface area contributed by atoms with Crippen molar-refractivity contribution in [2.75, 3.05) is 25.0 Å². The first-order valence-corrected chi connectivity index (χ1v) is 10.9. The SMILES string of the molecule is CCN1CCC(n2cc(C(=O)Nc3cc4cc(-c5cnn(C)c5)ncc4cn3)cn2)CC1. The summed E-state index contributed by atoms with van der Waals surface area (Å²) in [5, 5.41) is 13.4. The molecule has 1 amide bonds. The molecule has 32 heavy (non-hydrogen) atoms. The van der Waals surface area contributed by atoms with Crippen LogP contribution in [0.4, 0.5) is 5.82 Å². The summed E-state index contributed by atoms with van der Waals surface area (Å²) < 4.78 is 3.67. The van der Waals surface area contributed by atoms with Gasteiger partial charge in [-0.15, -0.1) is 0 Å². The molecule has 164 valence electrons. The van der Waals surface area contributed by atoms with Gasteiger partial charge in [0.05, 0.1) is 29.7 Å². The summed E-state index contributed by atoms with van der Waals surface area (Å²) >= 11 is 0. The first-order valence-electron chi connectivity index (χ1n) is 10.9. The maximum atomic E-state index is 12.8. The third kappa shape index (κ3) is 4.11. The van der Waals surface area contributed by atoms with Crippen LogP contribution in [0.15, 0.2) is 49.3 Å². The molecular formula is C23H26N8O. The highest BCUT2D eigenvalue weighted by molar-refractivity contribution is 6.04. The Morgan fingerprint density at radius 2 is 1.84 bits per heavy atom. The highest BCUT2D eigenvalue weighted by atomic mass is 16.1. The topological polar surface area (TPSA) is 93.8 Å². The molecule has 0 aliphatic carbocycles. The number of carbonyl (C=O) groups is 1. The van der Waals surface area contributed by atoms with Crippen LogP contribution < -0.4 is 5.32 Å². The van der Waals surface area contributed by atoms with Crippen molar-refractivity contribution >= 4 is 22.5 Å². The minimum absolute atomic E-state index is 0.212. The van der Waals surface area contributed by atoms with Crippen LogP contribution in [0.5, 0.6) is 0 Å². The summed E-state index contributed by atoms with van der Waals surface area (Å²) in [6.45, 7) is 5.41. The zero-order valence-electron chi connectivity index (χ0n) is 18.3. The third-order valence-electron chi connectivity index (χ3n) is 6.09. The van der Waals surface area contributed by atoms with Crippen molar-refractivity contribution in [1.82, 2.24) is 34.4 Å². The van der Waals surface area contributed by atoms with Crippen LogP contribution in [0, 0.1) is 0 Å². The maximum Gasteiger partial charge on any atom is 0.260 e. The first kappa shape index (κ1) is 20.3. The second kappa shape index (κ2) is 8.51. The quantitative estimate of drug-likeness (QED) is 0.523. The summed E-state index contributed by atoms with van der Waals surface area (Å²) in [5.74, 6) is 0.283. The van der Waals surface area contributed by atoms with E-state index in [9.17, 15) is 4.79 Å². The summed E-state index contributed by atoms with van der Waals surface area (Å²) in [6, 6.07) is 4.18. The van der Waals surface area contributed by atoms with Crippen molar-refractivity contribution in [2.45, 2.75) is 25.8 Å². The van der Waals surface area contributed by atoms with Gasteiger partial charge in [-0.05, 0) is 36.9 Å². The van der Waals surface area contributed by atoms with Gasteiger partial charge < -0.3 is 10.2 Å². The molecule has 0 saturated carbocycles. The number of amides is 1. The molecule has 5 rings (SSSR count). The number of pyridine rings is 2. The van der Waals surface area contributed by atoms with Crippen LogP contribution in [0.25, 0.3) is 22.0 Å². The molecule has 1 aliphatic rings. The molecule has 0 radical (unpaired) electrons. The molecule has 1 saturated heterocycles. The Bertz CT molecular complexity index is 1250. The molecule has 0 unspecified atom stereocenters. The molecule has 9 nitrogen and oxygen atoms in total. The van der Waals surface area contributed by atoms with Crippen LogP contribution in [0.3, 0.4) is 0 Å². The third-order valence-corrected chi connectivity index (χ3v) is 6.09. The number of aromatic nitrogens is 6. The molecule has 0 aromatic carbocycles. The van der Waals surface area contributed by atoms with Gasteiger partial charge in [0, 0.05) is 55.9 Å². The second-order valence-corrected chi connectivity index (χ2v) is 8.22. The number of carbonyl (C=O) groups excluding carboxylic acids is 1. The van der Waals surface area contributed by atoms with E-state index in [0.717, 1.165) is 54.5 Å². The van der Waals surface area contributed by atoms with Crippen molar-refractivity contribution in [3.05, 3.63) is 54.9 Å². The lowest BCUT2D eigenvalue weighted by molar-refractivity contribution is 0.102. The summed E-state index contributed by atoms with van der Waals surface area (Å²) in [6.07, 6.45) is 12.8. The Morgan fingerprint density at radius 1 is 1.03 bits per heavy atom. The van der Waals surface area contributed by atoms with E-state index in [1.165, 1.54) is 0 Å². The highest BCUT2D eigenvalue weighted by Gasteiger charge is 2.21. The zero-order valence-corrected chi connectivity index (χ0v) is 18.3. The lowest BCUT2D eigenvalue weighted by Crippen LogP contribution is -2.34.